The first-order valence-corrected chi connectivity index (χ1v) is 5.03. The lowest BCUT2D eigenvalue weighted by Crippen LogP contribution is -2.06. The van der Waals surface area contributed by atoms with Gasteiger partial charge in [0.15, 0.2) is 5.56 Å². The van der Waals surface area contributed by atoms with Gasteiger partial charge in [0.1, 0.15) is 0 Å². The summed E-state index contributed by atoms with van der Waals surface area (Å²) in [6.45, 7) is 0. The third-order valence-electron chi connectivity index (χ3n) is 2.39. The lowest BCUT2D eigenvalue weighted by atomic mass is 10.0. The maximum absolute atomic E-state index is 11.2. The molecular formula is C12H8N2O4. The topological polar surface area (TPSA) is 93.3 Å². The Labute approximate surface area is 102 Å². The highest BCUT2D eigenvalue weighted by Crippen LogP contribution is 2.28. The van der Waals surface area contributed by atoms with Gasteiger partial charge in [-0.3, -0.25) is 15.1 Å². The molecule has 0 aliphatic heterocycles. The van der Waals surface area contributed by atoms with E-state index in [0.29, 0.717) is 5.56 Å². The Bertz CT molecular complexity index is 611. The molecule has 2 rings (SSSR count). The lowest BCUT2D eigenvalue weighted by molar-refractivity contribution is -0.385. The zero-order chi connectivity index (χ0) is 13.1. The van der Waals surface area contributed by atoms with E-state index in [-0.39, 0.29) is 5.69 Å². The zero-order valence-electron chi connectivity index (χ0n) is 9.11. The van der Waals surface area contributed by atoms with Crippen molar-refractivity contribution in [1.29, 1.82) is 0 Å². The second kappa shape index (κ2) is 4.62. The summed E-state index contributed by atoms with van der Waals surface area (Å²) in [5, 5.41) is 19.9. The van der Waals surface area contributed by atoms with E-state index < -0.39 is 22.1 Å². The fraction of sp³-hybridized carbons (Fsp3) is 0. The molecule has 6 nitrogen and oxygen atoms in total. The van der Waals surface area contributed by atoms with E-state index in [0.717, 1.165) is 6.07 Å². The van der Waals surface area contributed by atoms with Crippen LogP contribution in [0.4, 0.5) is 5.69 Å². The van der Waals surface area contributed by atoms with Crippen LogP contribution in [0.2, 0.25) is 0 Å². The average Bonchev–Trinajstić information content (AvgIpc) is 2.38. The molecule has 90 valence electrons. The van der Waals surface area contributed by atoms with Gasteiger partial charge in [-0.1, -0.05) is 30.3 Å². The first-order valence-electron chi connectivity index (χ1n) is 5.03. The minimum absolute atomic E-state index is 0.0947. The maximum Gasteiger partial charge on any atom is 0.345 e. The molecule has 1 N–H and O–H groups in total. The minimum atomic E-state index is -1.37. The molecule has 0 saturated heterocycles. The summed E-state index contributed by atoms with van der Waals surface area (Å²) in [5.41, 5.74) is -0.235. The first-order chi connectivity index (χ1) is 8.61. The highest BCUT2D eigenvalue weighted by Gasteiger charge is 2.25. The smallest absolute Gasteiger partial charge is 0.345 e. The van der Waals surface area contributed by atoms with Crippen molar-refractivity contribution in [2.24, 2.45) is 0 Å². The zero-order valence-corrected chi connectivity index (χ0v) is 9.11. The summed E-state index contributed by atoms with van der Waals surface area (Å²) in [6.07, 6.45) is 1.23. The Morgan fingerprint density at radius 2 is 1.89 bits per heavy atom. The Morgan fingerprint density at radius 1 is 1.22 bits per heavy atom. The number of nitro groups is 1. The van der Waals surface area contributed by atoms with E-state index in [4.69, 9.17) is 5.11 Å². The van der Waals surface area contributed by atoms with E-state index in [1.54, 1.807) is 30.3 Å². The molecule has 0 aliphatic rings. The number of pyridine rings is 1. The van der Waals surface area contributed by atoms with Crippen molar-refractivity contribution in [3.8, 4) is 11.3 Å². The highest BCUT2D eigenvalue weighted by atomic mass is 16.6. The second-order valence-electron chi connectivity index (χ2n) is 3.48. The molecule has 0 bridgehead atoms. The number of aromatic carboxylic acids is 1. The average molecular weight is 244 g/mol. The van der Waals surface area contributed by atoms with Crippen LogP contribution >= 0.6 is 0 Å². The molecular weight excluding hydrogens is 236 g/mol. The monoisotopic (exact) mass is 244 g/mol. The van der Waals surface area contributed by atoms with Gasteiger partial charge in [0, 0.05) is 17.8 Å². The Hall–Kier alpha value is -2.76. The summed E-state index contributed by atoms with van der Waals surface area (Å²) in [6, 6.07) is 9.57. The third kappa shape index (κ3) is 2.03. The Balaban J connectivity index is 2.72. The third-order valence-corrected chi connectivity index (χ3v) is 2.39. The van der Waals surface area contributed by atoms with Crippen LogP contribution in [0.15, 0.2) is 42.6 Å². The highest BCUT2D eigenvalue weighted by molar-refractivity contribution is 5.98. The predicted molar refractivity (Wildman–Crippen MR) is 63.3 cm³/mol. The largest absolute Gasteiger partial charge is 0.477 e. The van der Waals surface area contributed by atoms with Crippen molar-refractivity contribution in [3.05, 3.63) is 58.3 Å². The molecule has 6 heteroatoms. The first kappa shape index (κ1) is 11.7. The van der Waals surface area contributed by atoms with Crippen LogP contribution in [-0.4, -0.2) is 21.0 Å². The minimum Gasteiger partial charge on any atom is -0.477 e. The van der Waals surface area contributed by atoms with Crippen LogP contribution < -0.4 is 0 Å². The van der Waals surface area contributed by atoms with Crippen molar-refractivity contribution < 1.29 is 14.8 Å². The number of carbonyl (C=O) groups is 1. The van der Waals surface area contributed by atoms with Crippen molar-refractivity contribution in [2.75, 3.05) is 0 Å². The molecule has 18 heavy (non-hydrogen) atoms. The molecule has 0 saturated carbocycles. The molecule has 2 aromatic rings. The number of aromatic nitrogens is 1. The quantitative estimate of drug-likeness (QED) is 0.660. The molecule has 1 aromatic carbocycles. The number of hydrogen-bond donors (Lipinski definition) is 1. The number of carboxylic acid groups (broad SMARTS) is 1. The maximum atomic E-state index is 11.2. The van der Waals surface area contributed by atoms with Crippen LogP contribution in [0.3, 0.4) is 0 Å². The molecule has 1 aromatic heterocycles. The van der Waals surface area contributed by atoms with Crippen molar-refractivity contribution >= 4 is 11.7 Å². The van der Waals surface area contributed by atoms with Gasteiger partial charge in [0.2, 0.25) is 0 Å². The summed E-state index contributed by atoms with van der Waals surface area (Å²) >= 11 is 0. The van der Waals surface area contributed by atoms with Crippen LogP contribution in [0, 0.1) is 10.1 Å². The second-order valence-corrected chi connectivity index (χ2v) is 3.48. The number of hydrogen-bond acceptors (Lipinski definition) is 4. The van der Waals surface area contributed by atoms with Gasteiger partial charge >= 0.3 is 5.97 Å². The summed E-state index contributed by atoms with van der Waals surface area (Å²) in [4.78, 5) is 25.2. The van der Waals surface area contributed by atoms with Gasteiger partial charge in [-0.05, 0) is 0 Å². The molecule has 0 fully saturated rings. The van der Waals surface area contributed by atoms with Gasteiger partial charge in [-0.2, -0.15) is 0 Å². The Kier molecular flexibility index (Phi) is 3.01. The molecule has 0 aliphatic carbocycles. The molecule has 0 spiro atoms. The summed E-state index contributed by atoms with van der Waals surface area (Å²) < 4.78 is 0. The van der Waals surface area contributed by atoms with Gasteiger partial charge in [0.25, 0.3) is 5.69 Å². The van der Waals surface area contributed by atoms with E-state index >= 15 is 0 Å². The number of rotatable bonds is 3. The predicted octanol–water partition coefficient (Wildman–Crippen LogP) is 2.36. The van der Waals surface area contributed by atoms with Crippen molar-refractivity contribution in [3.63, 3.8) is 0 Å². The van der Waals surface area contributed by atoms with Gasteiger partial charge < -0.3 is 5.11 Å². The molecule has 0 unspecified atom stereocenters. The van der Waals surface area contributed by atoms with Crippen molar-refractivity contribution in [2.45, 2.75) is 0 Å². The SMILES string of the molecule is O=C(O)c1c([N+](=O)[O-])ccnc1-c1ccccc1. The van der Waals surface area contributed by atoms with Crippen molar-refractivity contribution in [1.82, 2.24) is 4.98 Å². The number of carboxylic acids is 1. The molecule has 0 radical (unpaired) electrons. The van der Waals surface area contributed by atoms with Gasteiger partial charge in [-0.15, -0.1) is 0 Å². The molecule has 1 heterocycles. The van der Waals surface area contributed by atoms with Gasteiger partial charge in [0.05, 0.1) is 10.6 Å². The van der Waals surface area contributed by atoms with Crippen LogP contribution in [-0.2, 0) is 0 Å². The fourth-order valence-corrected chi connectivity index (χ4v) is 1.63. The lowest BCUT2D eigenvalue weighted by Gasteiger charge is -2.05. The summed E-state index contributed by atoms with van der Waals surface area (Å²) in [7, 11) is 0. The molecule has 0 amide bonds. The van der Waals surface area contributed by atoms with Crippen LogP contribution in [0.1, 0.15) is 10.4 Å². The normalized spacial score (nSPS) is 10.0. The standard InChI is InChI=1S/C12H8N2O4/c15-12(16)10-9(14(17)18)6-7-13-11(10)8-4-2-1-3-5-8/h1-7H,(H,15,16). The fourth-order valence-electron chi connectivity index (χ4n) is 1.63. The van der Waals surface area contributed by atoms with E-state index in [1.165, 1.54) is 6.20 Å². The summed E-state index contributed by atoms with van der Waals surface area (Å²) in [5.74, 6) is -1.37. The number of nitrogens with zero attached hydrogens (tertiary/aromatic N) is 2. The van der Waals surface area contributed by atoms with Gasteiger partial charge in [-0.25, -0.2) is 4.79 Å². The number of benzene rings is 1. The Morgan fingerprint density at radius 3 is 2.44 bits per heavy atom. The van der Waals surface area contributed by atoms with Crippen LogP contribution in [0.25, 0.3) is 11.3 Å². The van der Waals surface area contributed by atoms with Crippen LogP contribution in [0.5, 0.6) is 0 Å². The van der Waals surface area contributed by atoms with E-state index in [1.807, 2.05) is 0 Å². The van der Waals surface area contributed by atoms with E-state index in [2.05, 4.69) is 4.98 Å². The van der Waals surface area contributed by atoms with E-state index in [9.17, 15) is 14.9 Å². The molecule has 0 atom stereocenters.